The van der Waals surface area contributed by atoms with E-state index in [0.29, 0.717) is 10.8 Å². The molecule has 2 aromatic carbocycles. The third-order valence-electron chi connectivity index (χ3n) is 3.92. The Morgan fingerprint density at radius 2 is 1.80 bits per heavy atom. The Kier molecular flexibility index (Phi) is 5.10. The second kappa shape index (κ2) is 7.45. The van der Waals surface area contributed by atoms with Crippen molar-refractivity contribution in [1.82, 2.24) is 5.32 Å². The fourth-order valence-corrected chi connectivity index (χ4v) is 2.86. The number of halogens is 1. The van der Waals surface area contributed by atoms with E-state index in [-0.39, 0.29) is 17.7 Å². The SMILES string of the molecule is COc1ccccc1C(C)NC(=O)c1ccc(-c2ccccc2Cl)o1. The Bertz CT molecular complexity index is 888. The molecule has 1 atom stereocenters. The van der Waals surface area contributed by atoms with Crippen molar-refractivity contribution in [2.24, 2.45) is 0 Å². The number of hydrogen-bond acceptors (Lipinski definition) is 3. The molecule has 0 aliphatic rings. The summed E-state index contributed by atoms with van der Waals surface area (Å²) in [5.74, 6) is 1.22. The summed E-state index contributed by atoms with van der Waals surface area (Å²) in [7, 11) is 1.61. The number of amides is 1. The van der Waals surface area contributed by atoms with Crippen molar-refractivity contribution >= 4 is 17.5 Å². The second-order valence-corrected chi connectivity index (χ2v) is 5.99. The molecule has 3 aromatic rings. The molecule has 128 valence electrons. The normalized spacial score (nSPS) is 11.8. The van der Waals surface area contributed by atoms with Crippen LogP contribution in [-0.4, -0.2) is 13.0 Å². The van der Waals surface area contributed by atoms with Crippen LogP contribution < -0.4 is 10.1 Å². The minimum absolute atomic E-state index is 0.225. The molecule has 0 saturated heterocycles. The molecular formula is C20H18ClNO3. The van der Waals surface area contributed by atoms with Gasteiger partial charge < -0.3 is 14.5 Å². The molecule has 1 amide bonds. The average Bonchev–Trinajstić information content (AvgIpc) is 3.12. The fraction of sp³-hybridized carbons (Fsp3) is 0.150. The minimum Gasteiger partial charge on any atom is -0.496 e. The number of rotatable bonds is 5. The first-order chi connectivity index (χ1) is 12.1. The molecule has 0 saturated carbocycles. The number of para-hydroxylation sites is 1. The summed E-state index contributed by atoms with van der Waals surface area (Å²) in [5, 5.41) is 3.50. The Labute approximate surface area is 151 Å². The highest BCUT2D eigenvalue weighted by molar-refractivity contribution is 6.33. The van der Waals surface area contributed by atoms with Crippen molar-refractivity contribution in [3.63, 3.8) is 0 Å². The topological polar surface area (TPSA) is 51.5 Å². The lowest BCUT2D eigenvalue weighted by molar-refractivity contribution is 0.0912. The lowest BCUT2D eigenvalue weighted by Crippen LogP contribution is -2.26. The molecular weight excluding hydrogens is 338 g/mol. The smallest absolute Gasteiger partial charge is 0.287 e. The number of furan rings is 1. The monoisotopic (exact) mass is 355 g/mol. The lowest BCUT2D eigenvalue weighted by atomic mass is 10.1. The molecule has 3 rings (SSSR count). The molecule has 1 unspecified atom stereocenters. The van der Waals surface area contributed by atoms with Gasteiger partial charge in [-0.15, -0.1) is 0 Å². The molecule has 0 aliphatic heterocycles. The number of hydrogen-bond donors (Lipinski definition) is 1. The summed E-state index contributed by atoms with van der Waals surface area (Å²) in [6.07, 6.45) is 0. The van der Waals surface area contributed by atoms with E-state index < -0.39 is 0 Å². The van der Waals surface area contributed by atoms with Gasteiger partial charge in [-0.2, -0.15) is 0 Å². The van der Waals surface area contributed by atoms with Crippen LogP contribution in [-0.2, 0) is 0 Å². The van der Waals surface area contributed by atoms with Gasteiger partial charge in [-0.1, -0.05) is 41.9 Å². The molecule has 5 heteroatoms. The highest BCUT2D eigenvalue weighted by atomic mass is 35.5. The summed E-state index contributed by atoms with van der Waals surface area (Å²) in [4.78, 5) is 12.5. The summed E-state index contributed by atoms with van der Waals surface area (Å²) >= 11 is 6.17. The lowest BCUT2D eigenvalue weighted by Gasteiger charge is -2.16. The van der Waals surface area contributed by atoms with Crippen molar-refractivity contribution < 1.29 is 13.9 Å². The van der Waals surface area contributed by atoms with E-state index >= 15 is 0 Å². The van der Waals surface area contributed by atoms with Crippen molar-refractivity contribution in [3.8, 4) is 17.1 Å². The van der Waals surface area contributed by atoms with Gasteiger partial charge in [-0.05, 0) is 37.3 Å². The zero-order chi connectivity index (χ0) is 17.8. The van der Waals surface area contributed by atoms with Crippen LogP contribution in [0.3, 0.4) is 0 Å². The van der Waals surface area contributed by atoms with E-state index in [1.165, 1.54) is 0 Å². The molecule has 0 fully saturated rings. The average molecular weight is 356 g/mol. The largest absolute Gasteiger partial charge is 0.496 e. The van der Waals surface area contributed by atoms with E-state index in [9.17, 15) is 4.79 Å². The second-order valence-electron chi connectivity index (χ2n) is 5.58. The van der Waals surface area contributed by atoms with Gasteiger partial charge in [0.2, 0.25) is 0 Å². The van der Waals surface area contributed by atoms with E-state index in [1.54, 1.807) is 25.3 Å². The molecule has 0 spiro atoms. The highest BCUT2D eigenvalue weighted by Crippen LogP contribution is 2.29. The van der Waals surface area contributed by atoms with Crippen LogP contribution >= 0.6 is 11.6 Å². The van der Waals surface area contributed by atoms with Gasteiger partial charge >= 0.3 is 0 Å². The predicted molar refractivity (Wildman–Crippen MR) is 98.0 cm³/mol. The van der Waals surface area contributed by atoms with Crippen LogP contribution in [0.15, 0.2) is 65.1 Å². The van der Waals surface area contributed by atoms with Gasteiger partial charge in [-0.3, -0.25) is 4.79 Å². The van der Waals surface area contributed by atoms with Gasteiger partial charge in [0.25, 0.3) is 5.91 Å². The van der Waals surface area contributed by atoms with E-state index in [1.807, 2.05) is 49.4 Å². The predicted octanol–water partition coefficient (Wildman–Crippen LogP) is 5.10. The molecule has 4 nitrogen and oxygen atoms in total. The van der Waals surface area contributed by atoms with Crippen LogP contribution in [0.4, 0.5) is 0 Å². The molecule has 25 heavy (non-hydrogen) atoms. The number of methoxy groups -OCH3 is 1. The van der Waals surface area contributed by atoms with Gasteiger partial charge in [0.05, 0.1) is 18.2 Å². The maximum absolute atomic E-state index is 12.5. The first kappa shape index (κ1) is 17.1. The van der Waals surface area contributed by atoms with Crippen LogP contribution in [0.2, 0.25) is 5.02 Å². The van der Waals surface area contributed by atoms with Crippen LogP contribution in [0.1, 0.15) is 29.1 Å². The van der Waals surface area contributed by atoms with Gasteiger partial charge in [0.1, 0.15) is 11.5 Å². The summed E-state index contributed by atoms with van der Waals surface area (Å²) in [6, 6.07) is 18.1. The fourth-order valence-electron chi connectivity index (χ4n) is 2.64. The Morgan fingerprint density at radius 3 is 2.56 bits per heavy atom. The summed E-state index contributed by atoms with van der Waals surface area (Å²) in [5.41, 5.74) is 1.65. The highest BCUT2D eigenvalue weighted by Gasteiger charge is 2.18. The van der Waals surface area contributed by atoms with Crippen LogP contribution in [0.5, 0.6) is 5.75 Å². The molecule has 1 heterocycles. The molecule has 1 N–H and O–H groups in total. The van der Waals surface area contributed by atoms with Gasteiger partial charge in [-0.25, -0.2) is 0 Å². The van der Waals surface area contributed by atoms with E-state index in [0.717, 1.165) is 16.9 Å². The number of carbonyl (C=O) groups excluding carboxylic acids is 1. The van der Waals surface area contributed by atoms with Crippen molar-refractivity contribution in [2.45, 2.75) is 13.0 Å². The molecule has 0 aliphatic carbocycles. The zero-order valence-corrected chi connectivity index (χ0v) is 14.7. The first-order valence-electron chi connectivity index (χ1n) is 7.88. The van der Waals surface area contributed by atoms with Crippen LogP contribution in [0, 0.1) is 0 Å². The zero-order valence-electron chi connectivity index (χ0n) is 14.0. The molecule has 1 aromatic heterocycles. The maximum atomic E-state index is 12.5. The van der Waals surface area contributed by atoms with Crippen LogP contribution in [0.25, 0.3) is 11.3 Å². The van der Waals surface area contributed by atoms with E-state index in [2.05, 4.69) is 5.32 Å². The maximum Gasteiger partial charge on any atom is 0.287 e. The Balaban J connectivity index is 1.77. The molecule has 0 bridgehead atoms. The third kappa shape index (κ3) is 3.69. The Morgan fingerprint density at radius 1 is 1.08 bits per heavy atom. The van der Waals surface area contributed by atoms with Crippen molar-refractivity contribution in [1.29, 1.82) is 0 Å². The standard InChI is InChI=1S/C20H18ClNO3/c1-13(14-7-4-6-10-17(14)24-2)22-20(23)19-12-11-18(25-19)15-8-3-5-9-16(15)21/h3-13H,1-2H3,(H,22,23). The quantitative estimate of drug-likeness (QED) is 0.692. The first-order valence-corrected chi connectivity index (χ1v) is 8.26. The summed E-state index contributed by atoms with van der Waals surface area (Å²) in [6.45, 7) is 1.90. The number of benzene rings is 2. The molecule has 0 radical (unpaired) electrons. The number of carbonyl (C=O) groups is 1. The number of ether oxygens (including phenoxy) is 1. The summed E-state index contributed by atoms with van der Waals surface area (Å²) < 4.78 is 11.0. The Hall–Kier alpha value is -2.72. The minimum atomic E-state index is -0.295. The third-order valence-corrected chi connectivity index (χ3v) is 4.25. The van der Waals surface area contributed by atoms with Crippen molar-refractivity contribution in [3.05, 3.63) is 77.0 Å². The van der Waals surface area contributed by atoms with E-state index in [4.69, 9.17) is 20.8 Å². The number of nitrogens with one attached hydrogen (secondary N) is 1. The van der Waals surface area contributed by atoms with Gasteiger partial charge in [0, 0.05) is 11.1 Å². The van der Waals surface area contributed by atoms with Gasteiger partial charge in [0.15, 0.2) is 5.76 Å². The van der Waals surface area contributed by atoms with Crippen molar-refractivity contribution in [2.75, 3.05) is 7.11 Å².